The zero-order chi connectivity index (χ0) is 22.3. The Morgan fingerprint density at radius 2 is 1.59 bits per heavy atom. The van der Waals surface area contributed by atoms with Crippen LogP contribution < -0.4 is 14.8 Å². The number of fused-ring (bicyclic) bond motifs is 1. The van der Waals surface area contributed by atoms with Crippen LogP contribution in [0, 0.1) is 0 Å². The fourth-order valence-electron chi connectivity index (χ4n) is 3.30. The van der Waals surface area contributed by atoms with Crippen LogP contribution in [0.15, 0.2) is 79.0 Å². The monoisotopic (exact) mass is 428 g/mol. The van der Waals surface area contributed by atoms with Gasteiger partial charge in [0, 0.05) is 17.3 Å². The molecule has 0 aliphatic rings. The number of aromatic nitrogens is 1. The van der Waals surface area contributed by atoms with Crippen LogP contribution in [0.3, 0.4) is 0 Å². The molecule has 0 aliphatic heterocycles. The van der Waals surface area contributed by atoms with Crippen molar-refractivity contribution >= 4 is 28.2 Å². The standard InChI is InChI=1S/C26H24N2O4/c1-3-30-21-14-15-24-22(16-21)25(23(17-27-24)26(29)31-4-2)28-18-10-12-20(13-11-18)32-19-8-6-5-7-9-19/h5-17H,3-4H2,1-2H3,(H,27,28). The summed E-state index contributed by atoms with van der Waals surface area (Å²) in [7, 11) is 0. The summed E-state index contributed by atoms with van der Waals surface area (Å²) in [4.78, 5) is 17.0. The van der Waals surface area contributed by atoms with Gasteiger partial charge in [-0.3, -0.25) is 4.98 Å². The van der Waals surface area contributed by atoms with Gasteiger partial charge < -0.3 is 19.5 Å². The van der Waals surface area contributed by atoms with E-state index in [0.717, 1.165) is 22.3 Å². The van der Waals surface area contributed by atoms with Crippen LogP contribution >= 0.6 is 0 Å². The van der Waals surface area contributed by atoms with Crippen LogP contribution in [-0.2, 0) is 4.74 Å². The third-order valence-electron chi connectivity index (χ3n) is 4.75. The summed E-state index contributed by atoms with van der Waals surface area (Å²) in [6.45, 7) is 4.52. The van der Waals surface area contributed by atoms with E-state index in [1.54, 1.807) is 6.92 Å². The molecule has 0 bridgehead atoms. The first-order valence-electron chi connectivity index (χ1n) is 10.5. The predicted molar refractivity (Wildman–Crippen MR) is 125 cm³/mol. The van der Waals surface area contributed by atoms with Crippen molar-refractivity contribution in [2.45, 2.75) is 13.8 Å². The molecule has 6 nitrogen and oxygen atoms in total. The largest absolute Gasteiger partial charge is 0.494 e. The first kappa shape index (κ1) is 21.2. The molecule has 0 spiro atoms. The van der Waals surface area contributed by atoms with Crippen LogP contribution in [-0.4, -0.2) is 24.2 Å². The van der Waals surface area contributed by atoms with E-state index in [4.69, 9.17) is 14.2 Å². The average Bonchev–Trinajstić information content (AvgIpc) is 2.81. The maximum atomic E-state index is 12.6. The number of ether oxygens (including phenoxy) is 3. The number of pyridine rings is 1. The first-order valence-corrected chi connectivity index (χ1v) is 10.5. The molecule has 0 amide bonds. The Hall–Kier alpha value is -4.06. The minimum absolute atomic E-state index is 0.279. The molecule has 0 saturated heterocycles. The summed E-state index contributed by atoms with van der Waals surface area (Å²) in [5.74, 6) is 1.75. The smallest absolute Gasteiger partial charge is 0.341 e. The van der Waals surface area contributed by atoms with Gasteiger partial charge in [0.05, 0.1) is 24.4 Å². The Morgan fingerprint density at radius 1 is 0.875 bits per heavy atom. The second-order valence-corrected chi connectivity index (χ2v) is 6.94. The quantitative estimate of drug-likeness (QED) is 0.330. The van der Waals surface area contributed by atoms with Crippen LogP contribution in [0.25, 0.3) is 10.9 Å². The molecule has 0 saturated carbocycles. The summed E-state index contributed by atoms with van der Waals surface area (Å²) >= 11 is 0. The number of para-hydroxylation sites is 1. The van der Waals surface area contributed by atoms with E-state index in [-0.39, 0.29) is 6.61 Å². The molecule has 0 radical (unpaired) electrons. The van der Waals surface area contributed by atoms with E-state index in [0.29, 0.717) is 29.4 Å². The number of hydrogen-bond acceptors (Lipinski definition) is 6. The highest BCUT2D eigenvalue weighted by Gasteiger charge is 2.17. The summed E-state index contributed by atoms with van der Waals surface area (Å²) in [6, 6.07) is 22.7. The van der Waals surface area contributed by atoms with Gasteiger partial charge in [-0.2, -0.15) is 0 Å². The number of esters is 1. The van der Waals surface area contributed by atoms with E-state index in [9.17, 15) is 4.79 Å². The minimum atomic E-state index is -0.435. The molecule has 4 rings (SSSR count). The maximum absolute atomic E-state index is 12.6. The van der Waals surface area contributed by atoms with Gasteiger partial charge in [0.2, 0.25) is 0 Å². The molecule has 32 heavy (non-hydrogen) atoms. The maximum Gasteiger partial charge on any atom is 0.341 e. The van der Waals surface area contributed by atoms with E-state index in [2.05, 4.69) is 10.3 Å². The first-order chi connectivity index (χ1) is 15.7. The number of carbonyl (C=O) groups excluding carboxylic acids is 1. The molecule has 0 atom stereocenters. The number of nitrogens with zero attached hydrogens (tertiary/aromatic N) is 1. The Morgan fingerprint density at radius 3 is 2.31 bits per heavy atom. The summed E-state index contributed by atoms with van der Waals surface area (Å²) < 4.78 is 16.8. The lowest BCUT2D eigenvalue weighted by Gasteiger charge is -2.15. The molecule has 1 aromatic heterocycles. The lowest BCUT2D eigenvalue weighted by atomic mass is 10.1. The lowest BCUT2D eigenvalue weighted by molar-refractivity contribution is 0.0527. The van der Waals surface area contributed by atoms with E-state index < -0.39 is 5.97 Å². The van der Waals surface area contributed by atoms with Crippen LogP contribution in [0.2, 0.25) is 0 Å². The van der Waals surface area contributed by atoms with Gasteiger partial charge in [-0.15, -0.1) is 0 Å². The fourth-order valence-corrected chi connectivity index (χ4v) is 3.30. The topological polar surface area (TPSA) is 69.7 Å². The van der Waals surface area contributed by atoms with Gasteiger partial charge in [-0.25, -0.2) is 4.79 Å². The zero-order valence-electron chi connectivity index (χ0n) is 18.0. The number of nitrogens with one attached hydrogen (secondary N) is 1. The van der Waals surface area contributed by atoms with E-state index >= 15 is 0 Å². The Kier molecular flexibility index (Phi) is 6.51. The van der Waals surface area contributed by atoms with Crippen LogP contribution in [0.4, 0.5) is 11.4 Å². The molecule has 1 N–H and O–H groups in total. The molecule has 1 heterocycles. The Bertz CT molecular complexity index is 1210. The highest BCUT2D eigenvalue weighted by Crippen LogP contribution is 2.33. The molecule has 4 aromatic rings. The highest BCUT2D eigenvalue weighted by molar-refractivity contribution is 6.06. The SMILES string of the molecule is CCOC(=O)c1cnc2ccc(OCC)cc2c1Nc1ccc(Oc2ccccc2)cc1. The molecular weight excluding hydrogens is 404 g/mol. The second kappa shape index (κ2) is 9.83. The van der Waals surface area contributed by atoms with Gasteiger partial charge in [-0.1, -0.05) is 18.2 Å². The predicted octanol–water partition coefficient (Wildman–Crippen LogP) is 6.35. The Labute approximate surface area is 186 Å². The van der Waals surface area contributed by atoms with Crippen molar-refractivity contribution in [3.05, 3.63) is 84.6 Å². The summed E-state index contributed by atoms with van der Waals surface area (Å²) in [5, 5.41) is 4.13. The zero-order valence-corrected chi connectivity index (χ0v) is 18.0. The Balaban J connectivity index is 1.68. The third kappa shape index (κ3) is 4.81. The van der Waals surface area contributed by atoms with E-state index in [1.165, 1.54) is 6.20 Å². The summed E-state index contributed by atoms with van der Waals surface area (Å²) in [6.07, 6.45) is 1.54. The van der Waals surface area contributed by atoms with Crippen molar-refractivity contribution < 1.29 is 19.0 Å². The van der Waals surface area contributed by atoms with Crippen molar-refractivity contribution in [1.82, 2.24) is 4.98 Å². The fraction of sp³-hybridized carbons (Fsp3) is 0.154. The highest BCUT2D eigenvalue weighted by atomic mass is 16.5. The number of anilines is 2. The van der Waals surface area contributed by atoms with Gasteiger partial charge in [0.1, 0.15) is 22.8 Å². The number of rotatable bonds is 8. The van der Waals surface area contributed by atoms with Gasteiger partial charge in [0.25, 0.3) is 0 Å². The molecule has 162 valence electrons. The van der Waals surface area contributed by atoms with Crippen molar-refractivity contribution in [2.24, 2.45) is 0 Å². The average molecular weight is 428 g/mol. The molecular formula is C26H24N2O4. The lowest BCUT2D eigenvalue weighted by Crippen LogP contribution is -2.09. The third-order valence-corrected chi connectivity index (χ3v) is 4.75. The van der Waals surface area contributed by atoms with Crippen molar-refractivity contribution in [1.29, 1.82) is 0 Å². The summed E-state index contributed by atoms with van der Waals surface area (Å²) in [5.41, 5.74) is 2.52. The second-order valence-electron chi connectivity index (χ2n) is 6.94. The van der Waals surface area contributed by atoms with Gasteiger partial charge in [-0.05, 0) is 68.4 Å². The van der Waals surface area contributed by atoms with Gasteiger partial charge in [0.15, 0.2) is 0 Å². The van der Waals surface area contributed by atoms with Crippen LogP contribution in [0.1, 0.15) is 24.2 Å². The number of carbonyl (C=O) groups is 1. The molecule has 0 aliphatic carbocycles. The van der Waals surface area contributed by atoms with Gasteiger partial charge >= 0.3 is 5.97 Å². The van der Waals surface area contributed by atoms with Crippen molar-refractivity contribution in [2.75, 3.05) is 18.5 Å². The molecule has 0 unspecified atom stereocenters. The molecule has 6 heteroatoms. The molecule has 0 fully saturated rings. The van der Waals surface area contributed by atoms with E-state index in [1.807, 2.05) is 79.7 Å². The van der Waals surface area contributed by atoms with Crippen LogP contribution in [0.5, 0.6) is 17.2 Å². The molecule has 3 aromatic carbocycles. The number of benzene rings is 3. The minimum Gasteiger partial charge on any atom is -0.494 e. The van der Waals surface area contributed by atoms with Crippen molar-refractivity contribution in [3.63, 3.8) is 0 Å². The number of hydrogen-bond donors (Lipinski definition) is 1. The van der Waals surface area contributed by atoms with Crippen molar-refractivity contribution in [3.8, 4) is 17.2 Å². The normalized spacial score (nSPS) is 10.6.